The molecule has 2 fully saturated rings. The van der Waals surface area contributed by atoms with Crippen LogP contribution in [0.2, 0.25) is 0 Å². The van der Waals surface area contributed by atoms with Crippen LogP contribution in [-0.4, -0.2) is 54.4 Å². The fraction of sp³-hybridized carbons (Fsp3) is 0.500. The molecule has 2 aromatic heterocycles. The number of fused-ring (bicyclic) bond motifs is 1. The van der Waals surface area contributed by atoms with Gasteiger partial charge in [0.25, 0.3) is 5.91 Å². The molecular weight excluding hydrogens is 408 g/mol. The molecule has 2 aliphatic rings. The summed E-state index contributed by atoms with van der Waals surface area (Å²) in [6, 6.07) is 12.0. The molecule has 1 amide bonds. The Morgan fingerprint density at radius 2 is 1.81 bits per heavy atom. The number of piperazine rings is 1. The van der Waals surface area contributed by atoms with Gasteiger partial charge in [-0.2, -0.15) is 4.37 Å². The quantitative estimate of drug-likeness (QED) is 0.624. The highest BCUT2D eigenvalue weighted by Gasteiger charge is 2.26. The lowest BCUT2D eigenvalue weighted by molar-refractivity contribution is 0.0911. The summed E-state index contributed by atoms with van der Waals surface area (Å²) in [7, 11) is 0. The molecule has 0 bridgehead atoms. The molecule has 1 N–H and O–H groups in total. The van der Waals surface area contributed by atoms with Gasteiger partial charge in [0.2, 0.25) is 0 Å². The summed E-state index contributed by atoms with van der Waals surface area (Å²) in [4.78, 5) is 17.1. The van der Waals surface area contributed by atoms with E-state index in [2.05, 4.69) is 39.4 Å². The van der Waals surface area contributed by atoms with Gasteiger partial charge in [-0.3, -0.25) is 9.69 Å². The first-order valence-corrected chi connectivity index (χ1v) is 12.2. The maximum atomic E-state index is 12.0. The van der Waals surface area contributed by atoms with Crippen molar-refractivity contribution in [3.8, 4) is 0 Å². The first kappa shape index (κ1) is 20.5. The van der Waals surface area contributed by atoms with E-state index in [4.69, 9.17) is 8.79 Å². The van der Waals surface area contributed by atoms with E-state index in [1.54, 1.807) is 29.9 Å². The summed E-state index contributed by atoms with van der Waals surface area (Å²) < 4.78 is 11.2. The molecule has 1 saturated carbocycles. The van der Waals surface area contributed by atoms with Gasteiger partial charge in [-0.25, -0.2) is 0 Å². The standard InChI is InChI=1S/C24H30N4O2S/c29-24(21-5-3-15-30-21)25-16-18-7-9-19(10-8-18)17-27-11-13-28(14-12-27)23-20-4-1-2-6-22(20)31-26-23/h1-6,15,18-19H,7-14,16-17H2,(H,25,29). The zero-order valence-electron chi connectivity index (χ0n) is 17.8. The van der Waals surface area contributed by atoms with Crippen LogP contribution >= 0.6 is 11.5 Å². The Morgan fingerprint density at radius 3 is 2.58 bits per heavy atom. The van der Waals surface area contributed by atoms with Gasteiger partial charge in [-0.1, -0.05) is 12.1 Å². The van der Waals surface area contributed by atoms with Crippen LogP contribution in [-0.2, 0) is 0 Å². The lowest BCUT2D eigenvalue weighted by Gasteiger charge is -2.38. The van der Waals surface area contributed by atoms with E-state index in [1.807, 2.05) is 0 Å². The number of furan rings is 1. The van der Waals surface area contributed by atoms with Crippen LogP contribution in [0.4, 0.5) is 5.82 Å². The second-order valence-corrected chi connectivity index (χ2v) is 9.67. The van der Waals surface area contributed by atoms with E-state index in [-0.39, 0.29) is 5.91 Å². The van der Waals surface area contributed by atoms with Crippen LogP contribution in [0.5, 0.6) is 0 Å². The Hall–Kier alpha value is -2.38. The molecule has 0 spiro atoms. The molecule has 1 aliphatic carbocycles. The van der Waals surface area contributed by atoms with Gasteiger partial charge in [-0.05, 0) is 73.3 Å². The third kappa shape index (κ3) is 4.77. The van der Waals surface area contributed by atoms with Crippen LogP contribution in [0.3, 0.4) is 0 Å². The normalized spacial score (nSPS) is 22.6. The van der Waals surface area contributed by atoms with Crippen molar-refractivity contribution in [2.24, 2.45) is 11.8 Å². The molecule has 1 saturated heterocycles. The molecule has 1 aromatic carbocycles. The largest absolute Gasteiger partial charge is 0.459 e. The number of carbonyl (C=O) groups excluding carboxylic acids is 1. The smallest absolute Gasteiger partial charge is 0.286 e. The fourth-order valence-corrected chi connectivity index (χ4v) is 5.75. The van der Waals surface area contributed by atoms with Crippen LogP contribution in [0.15, 0.2) is 47.1 Å². The first-order valence-electron chi connectivity index (χ1n) is 11.4. The summed E-state index contributed by atoms with van der Waals surface area (Å²) in [5, 5.41) is 4.32. The van der Waals surface area contributed by atoms with Crippen molar-refractivity contribution < 1.29 is 9.21 Å². The SMILES string of the molecule is O=C(NCC1CCC(CN2CCN(c3nsc4ccccc34)CC2)CC1)c1ccco1. The van der Waals surface area contributed by atoms with Gasteiger partial charge < -0.3 is 14.6 Å². The Balaban J connectivity index is 1.04. The molecule has 5 rings (SSSR count). The number of carbonyl (C=O) groups is 1. The Morgan fingerprint density at radius 1 is 1.03 bits per heavy atom. The third-order valence-corrected chi connectivity index (χ3v) is 7.63. The minimum Gasteiger partial charge on any atom is -0.459 e. The van der Waals surface area contributed by atoms with Gasteiger partial charge >= 0.3 is 0 Å². The van der Waals surface area contributed by atoms with Gasteiger partial charge in [0, 0.05) is 44.7 Å². The number of benzene rings is 1. The fourth-order valence-electron chi connectivity index (χ4n) is 4.96. The van der Waals surface area contributed by atoms with Crippen LogP contribution in [0.1, 0.15) is 36.2 Å². The summed E-state index contributed by atoms with van der Waals surface area (Å²) in [5.41, 5.74) is 0. The molecule has 1 aliphatic heterocycles. The van der Waals surface area contributed by atoms with Crippen molar-refractivity contribution in [3.05, 3.63) is 48.4 Å². The van der Waals surface area contributed by atoms with Crippen molar-refractivity contribution in [2.45, 2.75) is 25.7 Å². The van der Waals surface area contributed by atoms with Crippen molar-refractivity contribution in [1.82, 2.24) is 14.6 Å². The maximum Gasteiger partial charge on any atom is 0.286 e. The van der Waals surface area contributed by atoms with E-state index < -0.39 is 0 Å². The van der Waals surface area contributed by atoms with Crippen molar-refractivity contribution in [1.29, 1.82) is 0 Å². The highest BCUT2D eigenvalue weighted by atomic mass is 32.1. The lowest BCUT2D eigenvalue weighted by atomic mass is 9.81. The maximum absolute atomic E-state index is 12.0. The minimum absolute atomic E-state index is 0.0992. The Labute approximate surface area is 187 Å². The summed E-state index contributed by atoms with van der Waals surface area (Å²) >= 11 is 1.61. The zero-order valence-corrected chi connectivity index (χ0v) is 18.7. The van der Waals surface area contributed by atoms with Crippen LogP contribution in [0.25, 0.3) is 10.1 Å². The second kappa shape index (κ2) is 9.40. The van der Waals surface area contributed by atoms with E-state index in [9.17, 15) is 4.79 Å². The first-order chi connectivity index (χ1) is 15.3. The number of nitrogens with one attached hydrogen (secondary N) is 1. The Bertz CT molecular complexity index is 986. The van der Waals surface area contributed by atoms with Crippen molar-refractivity contribution >= 4 is 33.3 Å². The molecule has 0 radical (unpaired) electrons. The summed E-state index contributed by atoms with van der Waals surface area (Å²) in [6.07, 6.45) is 6.47. The number of rotatable bonds is 6. The molecule has 7 heteroatoms. The number of aromatic nitrogens is 1. The highest BCUT2D eigenvalue weighted by molar-refractivity contribution is 7.13. The predicted molar refractivity (Wildman–Crippen MR) is 125 cm³/mol. The van der Waals surface area contributed by atoms with Gasteiger partial charge in [0.15, 0.2) is 5.76 Å². The van der Waals surface area contributed by atoms with Crippen molar-refractivity contribution in [3.63, 3.8) is 0 Å². The van der Waals surface area contributed by atoms with Gasteiger partial charge in [0.05, 0.1) is 11.0 Å². The van der Waals surface area contributed by atoms with Crippen molar-refractivity contribution in [2.75, 3.05) is 44.2 Å². The zero-order chi connectivity index (χ0) is 21.0. The van der Waals surface area contributed by atoms with E-state index in [0.29, 0.717) is 11.7 Å². The average Bonchev–Trinajstić information content (AvgIpc) is 3.49. The third-order valence-electron chi connectivity index (χ3n) is 6.81. The number of amides is 1. The number of nitrogens with zero attached hydrogens (tertiary/aromatic N) is 3. The number of hydrogen-bond acceptors (Lipinski definition) is 6. The van der Waals surface area contributed by atoms with E-state index >= 15 is 0 Å². The highest BCUT2D eigenvalue weighted by Crippen LogP contribution is 2.31. The Kier molecular flexibility index (Phi) is 6.22. The molecule has 31 heavy (non-hydrogen) atoms. The van der Waals surface area contributed by atoms with E-state index in [1.165, 1.54) is 42.3 Å². The molecular formula is C24H30N4O2S. The molecule has 3 heterocycles. The van der Waals surface area contributed by atoms with Gasteiger partial charge in [-0.15, -0.1) is 0 Å². The molecule has 0 unspecified atom stereocenters. The topological polar surface area (TPSA) is 61.6 Å². The molecule has 164 valence electrons. The summed E-state index contributed by atoms with van der Waals surface area (Å²) in [6.45, 7) is 6.31. The number of anilines is 1. The van der Waals surface area contributed by atoms with E-state index in [0.717, 1.165) is 44.5 Å². The van der Waals surface area contributed by atoms with Crippen LogP contribution < -0.4 is 10.2 Å². The predicted octanol–water partition coefficient (Wildman–Crippen LogP) is 4.25. The van der Waals surface area contributed by atoms with Gasteiger partial charge in [0.1, 0.15) is 5.82 Å². The summed E-state index contributed by atoms with van der Waals surface area (Å²) in [5.74, 6) is 2.84. The number of hydrogen-bond donors (Lipinski definition) is 1. The molecule has 3 aromatic rings. The lowest BCUT2D eigenvalue weighted by Crippen LogP contribution is -2.48. The monoisotopic (exact) mass is 438 g/mol. The molecule has 0 atom stereocenters. The van der Waals surface area contributed by atoms with Crippen LogP contribution in [0, 0.1) is 11.8 Å². The minimum atomic E-state index is -0.0992. The molecule has 6 nitrogen and oxygen atoms in total. The average molecular weight is 439 g/mol. The second-order valence-electron chi connectivity index (χ2n) is 8.86.